The molecule has 4 rings (SSSR count). The summed E-state index contributed by atoms with van der Waals surface area (Å²) >= 11 is 0. The zero-order valence-corrected chi connectivity index (χ0v) is 14.2. The summed E-state index contributed by atoms with van der Waals surface area (Å²) in [6.07, 6.45) is 3.09. The number of hydrogen-bond donors (Lipinski definition) is 1. The largest absolute Gasteiger partial charge is 0.451 e. The number of amides is 1. The van der Waals surface area contributed by atoms with Gasteiger partial charge in [0.1, 0.15) is 5.58 Å². The van der Waals surface area contributed by atoms with Crippen LogP contribution in [-0.4, -0.2) is 13.0 Å². The van der Waals surface area contributed by atoms with Crippen molar-refractivity contribution in [3.05, 3.63) is 71.0 Å². The van der Waals surface area contributed by atoms with Gasteiger partial charge < -0.3 is 14.5 Å². The molecule has 1 amide bonds. The lowest BCUT2D eigenvalue weighted by molar-refractivity contribution is 0.0900. The standard InChI is InChI=1S/C21H21NO3/c1-24-13-17-16-10-4-5-12-19(16)25-20(17)21(23)22-18-11-6-8-14-7-2-3-9-15(14)18/h2-5,7,9-10,12,18H,6,8,11,13H2,1H3,(H,22,23)/t18-/m1/s1. The third kappa shape index (κ3) is 2.94. The Kier molecular flexibility index (Phi) is 4.28. The molecule has 4 nitrogen and oxygen atoms in total. The highest BCUT2D eigenvalue weighted by Gasteiger charge is 2.26. The van der Waals surface area contributed by atoms with E-state index in [2.05, 4.69) is 23.5 Å². The van der Waals surface area contributed by atoms with E-state index in [1.54, 1.807) is 7.11 Å². The molecule has 0 fully saturated rings. The molecule has 0 unspecified atom stereocenters. The number of hydrogen-bond acceptors (Lipinski definition) is 3. The van der Waals surface area contributed by atoms with Crippen LogP contribution in [0.25, 0.3) is 11.0 Å². The van der Waals surface area contributed by atoms with Crippen molar-refractivity contribution in [2.75, 3.05) is 7.11 Å². The molecular formula is C21H21NO3. The fourth-order valence-corrected chi connectivity index (χ4v) is 3.70. The van der Waals surface area contributed by atoms with Crippen molar-refractivity contribution < 1.29 is 13.9 Å². The fraction of sp³-hybridized carbons (Fsp3) is 0.286. The second-order valence-corrected chi connectivity index (χ2v) is 6.46. The first-order valence-electron chi connectivity index (χ1n) is 8.66. The minimum Gasteiger partial charge on any atom is -0.451 e. The lowest BCUT2D eigenvalue weighted by Crippen LogP contribution is -2.31. The van der Waals surface area contributed by atoms with Gasteiger partial charge in [-0.1, -0.05) is 42.5 Å². The molecule has 1 N–H and O–H groups in total. The number of methoxy groups -OCH3 is 1. The molecule has 0 aliphatic heterocycles. The number of para-hydroxylation sites is 1. The minimum atomic E-state index is -0.176. The van der Waals surface area contributed by atoms with E-state index in [-0.39, 0.29) is 11.9 Å². The highest BCUT2D eigenvalue weighted by molar-refractivity contribution is 5.99. The maximum atomic E-state index is 12.9. The van der Waals surface area contributed by atoms with Crippen LogP contribution >= 0.6 is 0 Å². The molecule has 0 radical (unpaired) electrons. The Morgan fingerprint density at radius 3 is 2.88 bits per heavy atom. The number of fused-ring (bicyclic) bond motifs is 2. The molecular weight excluding hydrogens is 314 g/mol. The number of nitrogens with one attached hydrogen (secondary N) is 1. The van der Waals surface area contributed by atoms with Crippen molar-refractivity contribution in [3.8, 4) is 0 Å². The summed E-state index contributed by atoms with van der Waals surface area (Å²) in [7, 11) is 1.63. The summed E-state index contributed by atoms with van der Waals surface area (Å²) in [6.45, 7) is 0.348. The van der Waals surface area contributed by atoms with Crippen molar-refractivity contribution in [1.29, 1.82) is 0 Å². The monoisotopic (exact) mass is 335 g/mol. The molecule has 0 bridgehead atoms. The van der Waals surface area contributed by atoms with Crippen LogP contribution in [0, 0.1) is 0 Å². The Morgan fingerprint density at radius 1 is 1.20 bits per heavy atom. The molecule has 1 atom stereocenters. The first-order chi connectivity index (χ1) is 12.3. The quantitative estimate of drug-likeness (QED) is 0.769. The van der Waals surface area contributed by atoms with Crippen molar-refractivity contribution >= 4 is 16.9 Å². The Balaban J connectivity index is 1.66. The SMILES string of the molecule is COCc1c(C(=O)N[C@@H]2CCCc3ccccc32)oc2ccccc12. The summed E-state index contributed by atoms with van der Waals surface area (Å²) in [5.41, 5.74) is 4.05. The van der Waals surface area contributed by atoms with E-state index < -0.39 is 0 Å². The molecule has 4 heteroatoms. The van der Waals surface area contributed by atoms with Crippen molar-refractivity contribution in [3.63, 3.8) is 0 Å². The number of ether oxygens (including phenoxy) is 1. The van der Waals surface area contributed by atoms with Crippen LogP contribution in [0.3, 0.4) is 0 Å². The summed E-state index contributed by atoms with van der Waals surface area (Å²) in [4.78, 5) is 12.9. The van der Waals surface area contributed by atoms with Gasteiger partial charge in [-0.25, -0.2) is 0 Å². The Labute approximate surface area is 146 Å². The maximum absolute atomic E-state index is 12.9. The molecule has 25 heavy (non-hydrogen) atoms. The third-order valence-electron chi connectivity index (χ3n) is 4.87. The zero-order valence-electron chi connectivity index (χ0n) is 14.2. The Morgan fingerprint density at radius 2 is 2.00 bits per heavy atom. The summed E-state index contributed by atoms with van der Waals surface area (Å²) in [5, 5.41) is 4.09. The second-order valence-electron chi connectivity index (χ2n) is 6.46. The average Bonchev–Trinajstić information content (AvgIpc) is 3.01. The molecule has 0 saturated carbocycles. The minimum absolute atomic E-state index is 0.0288. The topological polar surface area (TPSA) is 51.5 Å². The van der Waals surface area contributed by atoms with Gasteiger partial charge >= 0.3 is 0 Å². The van der Waals surface area contributed by atoms with E-state index in [0.29, 0.717) is 18.0 Å². The van der Waals surface area contributed by atoms with Crippen LogP contribution < -0.4 is 5.32 Å². The van der Waals surface area contributed by atoms with Gasteiger partial charge in [-0.3, -0.25) is 4.79 Å². The van der Waals surface area contributed by atoms with Gasteiger partial charge in [0.05, 0.1) is 12.6 Å². The number of carbonyl (C=O) groups is 1. The third-order valence-corrected chi connectivity index (χ3v) is 4.87. The van der Waals surface area contributed by atoms with Gasteiger partial charge in [-0.2, -0.15) is 0 Å². The number of rotatable bonds is 4. The van der Waals surface area contributed by atoms with E-state index in [0.717, 1.165) is 30.2 Å². The van der Waals surface area contributed by atoms with Crippen LogP contribution in [0.15, 0.2) is 52.9 Å². The number of carbonyl (C=O) groups excluding carboxylic acids is 1. The number of furan rings is 1. The molecule has 3 aromatic rings. The summed E-state index contributed by atoms with van der Waals surface area (Å²) < 4.78 is 11.1. The van der Waals surface area contributed by atoms with E-state index in [4.69, 9.17) is 9.15 Å². The Bertz CT molecular complexity index is 912. The van der Waals surface area contributed by atoms with Gasteiger partial charge in [0.15, 0.2) is 5.76 Å². The van der Waals surface area contributed by atoms with Gasteiger partial charge in [-0.05, 0) is 36.5 Å². The highest BCUT2D eigenvalue weighted by Crippen LogP contribution is 2.31. The van der Waals surface area contributed by atoms with Crippen LogP contribution in [0.4, 0.5) is 0 Å². The van der Waals surface area contributed by atoms with Gasteiger partial charge in [0, 0.05) is 18.1 Å². The van der Waals surface area contributed by atoms with Gasteiger partial charge in [0.2, 0.25) is 0 Å². The average molecular weight is 335 g/mol. The van der Waals surface area contributed by atoms with Crippen LogP contribution in [0.5, 0.6) is 0 Å². The van der Waals surface area contributed by atoms with E-state index >= 15 is 0 Å². The van der Waals surface area contributed by atoms with Gasteiger partial charge in [0.25, 0.3) is 5.91 Å². The molecule has 128 valence electrons. The van der Waals surface area contributed by atoms with Crippen LogP contribution in [0.2, 0.25) is 0 Å². The number of benzene rings is 2. The lowest BCUT2D eigenvalue weighted by atomic mass is 9.87. The first-order valence-corrected chi connectivity index (χ1v) is 8.66. The van der Waals surface area contributed by atoms with Crippen molar-refractivity contribution in [2.45, 2.75) is 31.9 Å². The molecule has 1 heterocycles. The van der Waals surface area contributed by atoms with Gasteiger partial charge in [-0.15, -0.1) is 0 Å². The summed E-state index contributed by atoms with van der Waals surface area (Å²) in [6, 6.07) is 16.0. The summed E-state index contributed by atoms with van der Waals surface area (Å²) in [5.74, 6) is 0.177. The molecule has 0 saturated heterocycles. The van der Waals surface area contributed by atoms with E-state index in [1.807, 2.05) is 30.3 Å². The number of aryl methyl sites for hydroxylation is 1. The normalized spacial score (nSPS) is 16.6. The van der Waals surface area contributed by atoms with Crippen molar-refractivity contribution in [1.82, 2.24) is 5.32 Å². The van der Waals surface area contributed by atoms with Crippen LogP contribution in [0.1, 0.15) is 46.1 Å². The lowest BCUT2D eigenvalue weighted by Gasteiger charge is -2.26. The van der Waals surface area contributed by atoms with E-state index in [9.17, 15) is 4.79 Å². The molecule has 1 aliphatic rings. The Hall–Kier alpha value is -2.59. The first kappa shape index (κ1) is 15.9. The predicted molar refractivity (Wildman–Crippen MR) is 96.5 cm³/mol. The van der Waals surface area contributed by atoms with E-state index in [1.165, 1.54) is 11.1 Å². The smallest absolute Gasteiger partial charge is 0.287 e. The van der Waals surface area contributed by atoms with Crippen molar-refractivity contribution in [2.24, 2.45) is 0 Å². The predicted octanol–water partition coefficient (Wildman–Crippen LogP) is 4.39. The molecule has 2 aromatic carbocycles. The zero-order chi connectivity index (χ0) is 17.2. The molecule has 1 aromatic heterocycles. The fourth-order valence-electron chi connectivity index (χ4n) is 3.70. The second kappa shape index (κ2) is 6.73. The highest BCUT2D eigenvalue weighted by atomic mass is 16.5. The molecule has 1 aliphatic carbocycles. The van der Waals surface area contributed by atoms with Crippen LogP contribution in [-0.2, 0) is 17.8 Å². The molecule has 0 spiro atoms. The maximum Gasteiger partial charge on any atom is 0.287 e.